The van der Waals surface area contributed by atoms with Gasteiger partial charge in [0.1, 0.15) is 13.2 Å². The summed E-state index contributed by atoms with van der Waals surface area (Å²) in [6.07, 6.45) is 89.2. The van der Waals surface area contributed by atoms with Crippen LogP contribution in [-0.2, 0) is 28.6 Å². The highest BCUT2D eigenvalue weighted by atomic mass is 16.6. The zero-order valence-corrected chi connectivity index (χ0v) is 55.5. The highest BCUT2D eigenvalue weighted by molar-refractivity contribution is 5.71. The maximum absolute atomic E-state index is 12.9. The van der Waals surface area contributed by atoms with Crippen LogP contribution in [0.1, 0.15) is 412 Å². The van der Waals surface area contributed by atoms with Crippen molar-refractivity contribution < 1.29 is 28.6 Å². The molecule has 0 aliphatic rings. The van der Waals surface area contributed by atoms with Gasteiger partial charge in [-0.2, -0.15) is 0 Å². The summed E-state index contributed by atoms with van der Waals surface area (Å²) in [4.78, 5) is 38.3. The highest BCUT2D eigenvalue weighted by Gasteiger charge is 2.20. The fraction of sp³-hybridized carbons (Fsp3) is 0.882. The summed E-state index contributed by atoms with van der Waals surface area (Å²) in [5.41, 5.74) is 0. The first kappa shape index (κ1) is 79.6. The van der Waals surface area contributed by atoms with Gasteiger partial charge in [0.2, 0.25) is 0 Å². The molecule has 1 unspecified atom stereocenters. The summed E-state index contributed by atoms with van der Waals surface area (Å²) >= 11 is 0. The van der Waals surface area contributed by atoms with E-state index in [-0.39, 0.29) is 31.1 Å². The van der Waals surface area contributed by atoms with E-state index in [2.05, 4.69) is 57.2 Å². The predicted molar refractivity (Wildman–Crippen MR) is 358 cm³/mol. The van der Waals surface area contributed by atoms with E-state index in [9.17, 15) is 14.4 Å². The molecule has 0 fully saturated rings. The Kier molecular flexibility index (Phi) is 69.1. The number of carbonyl (C=O) groups is 3. The molecule has 0 aliphatic carbocycles. The van der Waals surface area contributed by atoms with Crippen molar-refractivity contribution in [3.8, 4) is 0 Å². The van der Waals surface area contributed by atoms with E-state index < -0.39 is 6.10 Å². The number of hydrogen-bond donors (Lipinski definition) is 0. The number of allylic oxidation sites excluding steroid dienone is 6. The van der Waals surface area contributed by atoms with E-state index >= 15 is 0 Å². The fourth-order valence-corrected chi connectivity index (χ4v) is 11.3. The molecule has 482 valence electrons. The Morgan fingerprint density at radius 3 is 0.707 bits per heavy atom. The minimum Gasteiger partial charge on any atom is -0.462 e. The van der Waals surface area contributed by atoms with Crippen LogP contribution in [0.15, 0.2) is 36.5 Å². The van der Waals surface area contributed by atoms with Crippen molar-refractivity contribution in [2.75, 3.05) is 13.2 Å². The lowest BCUT2D eigenvalue weighted by molar-refractivity contribution is -0.167. The molecule has 0 aliphatic heterocycles. The van der Waals surface area contributed by atoms with Gasteiger partial charge in [0.15, 0.2) is 6.10 Å². The molecule has 82 heavy (non-hydrogen) atoms. The lowest BCUT2D eigenvalue weighted by Gasteiger charge is -2.18. The van der Waals surface area contributed by atoms with E-state index in [1.807, 2.05) is 0 Å². The van der Waals surface area contributed by atoms with Crippen LogP contribution in [0.5, 0.6) is 0 Å². The molecule has 0 saturated heterocycles. The van der Waals surface area contributed by atoms with Crippen LogP contribution in [0.4, 0.5) is 0 Å². The number of unbranched alkanes of at least 4 members (excludes halogenated alkanes) is 52. The summed E-state index contributed by atoms with van der Waals surface area (Å²) in [7, 11) is 0. The molecule has 0 aromatic rings. The van der Waals surface area contributed by atoms with Gasteiger partial charge in [0.25, 0.3) is 0 Å². The Balaban J connectivity index is 4.02. The van der Waals surface area contributed by atoms with Crippen molar-refractivity contribution >= 4 is 17.9 Å². The zero-order valence-electron chi connectivity index (χ0n) is 55.5. The Morgan fingerprint density at radius 1 is 0.244 bits per heavy atom. The van der Waals surface area contributed by atoms with Crippen molar-refractivity contribution in [1.29, 1.82) is 0 Å². The van der Waals surface area contributed by atoms with Crippen LogP contribution in [0.2, 0.25) is 0 Å². The normalized spacial score (nSPS) is 12.2. The molecular weight excluding hydrogens is 1010 g/mol. The van der Waals surface area contributed by atoms with Crippen molar-refractivity contribution in [3.05, 3.63) is 36.5 Å². The molecule has 0 radical (unpaired) electrons. The molecule has 0 N–H and O–H groups in total. The van der Waals surface area contributed by atoms with Crippen molar-refractivity contribution in [3.63, 3.8) is 0 Å². The van der Waals surface area contributed by atoms with E-state index in [1.165, 1.54) is 308 Å². The lowest BCUT2D eigenvalue weighted by Crippen LogP contribution is -2.30. The van der Waals surface area contributed by atoms with Crippen molar-refractivity contribution in [1.82, 2.24) is 0 Å². The molecule has 0 aromatic carbocycles. The first-order chi connectivity index (χ1) is 40.5. The minimum atomic E-state index is -0.771. The van der Waals surface area contributed by atoms with Crippen LogP contribution in [-0.4, -0.2) is 37.2 Å². The largest absolute Gasteiger partial charge is 0.462 e. The lowest BCUT2D eigenvalue weighted by atomic mass is 10.0. The van der Waals surface area contributed by atoms with Gasteiger partial charge in [-0.1, -0.05) is 353 Å². The second-order valence-electron chi connectivity index (χ2n) is 25.2. The number of esters is 3. The summed E-state index contributed by atoms with van der Waals surface area (Å²) in [6, 6.07) is 0. The first-order valence-corrected chi connectivity index (χ1v) is 37.0. The fourth-order valence-electron chi connectivity index (χ4n) is 11.3. The van der Waals surface area contributed by atoms with Gasteiger partial charge in [-0.05, 0) is 77.0 Å². The molecule has 6 heteroatoms. The summed E-state index contributed by atoms with van der Waals surface area (Å²) in [5.74, 6) is -0.846. The van der Waals surface area contributed by atoms with Gasteiger partial charge in [-0.15, -0.1) is 0 Å². The molecule has 6 nitrogen and oxygen atoms in total. The maximum atomic E-state index is 12.9. The summed E-state index contributed by atoms with van der Waals surface area (Å²) < 4.78 is 17.0. The SMILES string of the molecule is CCCCC/C=C\C/C=C\CCCCCCCCCCCC(=O)OC(COC(=O)CCCCCCCCCCCC)COC(=O)CCCCCCCCCCCCCCCCCCCCCCCCC/C=C\CCCCCCCCCC. The highest BCUT2D eigenvalue weighted by Crippen LogP contribution is 2.19. The Labute approximate surface area is 512 Å². The number of rotatable bonds is 69. The standard InChI is InChI=1S/C76H142O6/c1-4-7-10-13-16-19-22-24-26-28-30-31-32-33-34-35-36-37-38-39-40-41-42-43-44-45-47-48-50-52-54-57-60-63-66-69-75(78)81-72-73(71-80-74(77)68-65-62-59-56-21-18-15-12-9-6-3)82-76(79)70-67-64-61-58-55-53-51-49-46-29-27-25-23-20-17-14-11-8-5-2/h17,20,25,27-28,30,73H,4-16,18-19,21-24,26,29,31-72H2,1-3H3/b20-17-,27-25-,30-28-. The molecular formula is C76H142O6. The topological polar surface area (TPSA) is 78.9 Å². The third-order valence-corrected chi connectivity index (χ3v) is 16.9. The molecule has 0 heterocycles. The Bertz CT molecular complexity index is 1370. The molecule has 0 amide bonds. The molecule has 0 bridgehead atoms. The van der Waals surface area contributed by atoms with E-state index in [1.54, 1.807) is 0 Å². The summed E-state index contributed by atoms with van der Waals surface area (Å²) in [6.45, 7) is 6.67. The van der Waals surface area contributed by atoms with Crippen LogP contribution >= 0.6 is 0 Å². The van der Waals surface area contributed by atoms with Crippen LogP contribution in [0.3, 0.4) is 0 Å². The van der Waals surface area contributed by atoms with Gasteiger partial charge >= 0.3 is 17.9 Å². The molecule has 0 spiro atoms. The van der Waals surface area contributed by atoms with Gasteiger partial charge in [0, 0.05) is 19.3 Å². The number of ether oxygens (including phenoxy) is 3. The third kappa shape index (κ3) is 68.4. The quantitative estimate of drug-likeness (QED) is 0.0261. The maximum Gasteiger partial charge on any atom is 0.306 e. The van der Waals surface area contributed by atoms with E-state index in [0.29, 0.717) is 19.3 Å². The van der Waals surface area contributed by atoms with Crippen molar-refractivity contribution in [2.24, 2.45) is 0 Å². The summed E-state index contributed by atoms with van der Waals surface area (Å²) in [5, 5.41) is 0. The number of hydrogen-bond acceptors (Lipinski definition) is 6. The first-order valence-electron chi connectivity index (χ1n) is 37.0. The molecule has 1 atom stereocenters. The van der Waals surface area contributed by atoms with Crippen molar-refractivity contribution in [2.45, 2.75) is 419 Å². The monoisotopic (exact) mass is 1150 g/mol. The Morgan fingerprint density at radius 2 is 0.439 bits per heavy atom. The third-order valence-electron chi connectivity index (χ3n) is 16.9. The zero-order chi connectivity index (χ0) is 59.2. The average molecular weight is 1150 g/mol. The van der Waals surface area contributed by atoms with Gasteiger partial charge in [0.05, 0.1) is 0 Å². The van der Waals surface area contributed by atoms with Crippen LogP contribution in [0.25, 0.3) is 0 Å². The van der Waals surface area contributed by atoms with Gasteiger partial charge in [-0.3, -0.25) is 14.4 Å². The van der Waals surface area contributed by atoms with Crippen LogP contribution in [0, 0.1) is 0 Å². The van der Waals surface area contributed by atoms with Gasteiger partial charge < -0.3 is 14.2 Å². The Hall–Kier alpha value is -2.37. The average Bonchev–Trinajstić information content (AvgIpc) is 3.48. The van der Waals surface area contributed by atoms with E-state index in [4.69, 9.17) is 14.2 Å². The smallest absolute Gasteiger partial charge is 0.306 e. The number of carbonyl (C=O) groups excluding carboxylic acids is 3. The molecule has 0 saturated carbocycles. The second-order valence-corrected chi connectivity index (χ2v) is 25.2. The predicted octanol–water partition coefficient (Wildman–Crippen LogP) is 25.5. The molecule has 0 rings (SSSR count). The van der Waals surface area contributed by atoms with Gasteiger partial charge in [-0.25, -0.2) is 0 Å². The van der Waals surface area contributed by atoms with E-state index in [0.717, 1.165) is 64.2 Å². The molecule has 0 aromatic heterocycles. The minimum absolute atomic E-state index is 0.0680. The van der Waals surface area contributed by atoms with Crippen LogP contribution < -0.4 is 0 Å². The second kappa shape index (κ2) is 71.1.